The molecule has 6 heteroatoms. The largest absolute Gasteiger partial charge is 0.387 e. The summed E-state index contributed by atoms with van der Waals surface area (Å²) >= 11 is 0. The number of para-hydroxylation sites is 1. The summed E-state index contributed by atoms with van der Waals surface area (Å²) in [5.74, 6) is -0.0591. The maximum Gasteiger partial charge on any atom is 0.255 e. The van der Waals surface area contributed by atoms with Crippen LogP contribution in [0.2, 0.25) is 0 Å². The van der Waals surface area contributed by atoms with Crippen LogP contribution in [0.25, 0.3) is 10.9 Å². The fourth-order valence-corrected chi connectivity index (χ4v) is 3.70. The number of pyridine rings is 1. The number of ether oxygens (including phenoxy) is 1. The number of fused-ring (bicyclic) bond motifs is 1. The Labute approximate surface area is 147 Å². The Kier molecular flexibility index (Phi) is 4.41. The summed E-state index contributed by atoms with van der Waals surface area (Å²) in [5, 5.41) is 11.8. The molecular formula is C19H23N3O3. The minimum atomic E-state index is -0.836. The smallest absolute Gasteiger partial charge is 0.255 e. The standard InChI is InChI=1S/C19H23N3O3/c23-18(16-11-15-3-1-2-4-17(15)20-12-16)22-6-5-19(24,14-22)13-21-7-9-25-10-8-21/h1-4,11-12,24H,5-10,13-14H2. The third-order valence-electron chi connectivity index (χ3n) is 5.08. The summed E-state index contributed by atoms with van der Waals surface area (Å²) in [6, 6.07) is 9.64. The third-order valence-corrected chi connectivity index (χ3v) is 5.08. The minimum absolute atomic E-state index is 0.0591. The van der Waals surface area contributed by atoms with Crippen molar-refractivity contribution < 1.29 is 14.6 Å². The number of nitrogens with zero attached hydrogens (tertiary/aromatic N) is 3. The second-order valence-corrected chi connectivity index (χ2v) is 7.01. The molecule has 1 unspecified atom stereocenters. The van der Waals surface area contributed by atoms with Gasteiger partial charge in [-0.3, -0.25) is 14.7 Å². The number of β-amino-alcohol motifs (C(OH)–C–C–N with tert-alkyl or cyclic N) is 1. The van der Waals surface area contributed by atoms with Gasteiger partial charge in [0.05, 0.1) is 36.4 Å². The summed E-state index contributed by atoms with van der Waals surface area (Å²) in [7, 11) is 0. The average Bonchev–Trinajstić information content (AvgIpc) is 3.03. The first-order chi connectivity index (χ1) is 12.1. The molecule has 4 rings (SSSR count). The van der Waals surface area contributed by atoms with Crippen LogP contribution in [-0.4, -0.2) is 77.3 Å². The SMILES string of the molecule is O=C(c1cnc2ccccc2c1)N1CCC(O)(CN2CCOCC2)C1. The summed E-state index contributed by atoms with van der Waals surface area (Å²) in [6.45, 7) is 4.64. The molecule has 1 atom stereocenters. The van der Waals surface area contributed by atoms with Crippen molar-refractivity contribution in [1.29, 1.82) is 0 Å². The molecule has 0 aliphatic carbocycles. The van der Waals surface area contributed by atoms with Gasteiger partial charge in [0.1, 0.15) is 0 Å². The van der Waals surface area contributed by atoms with E-state index in [1.807, 2.05) is 30.3 Å². The van der Waals surface area contributed by atoms with E-state index in [1.165, 1.54) is 0 Å². The van der Waals surface area contributed by atoms with Gasteiger partial charge in [0.15, 0.2) is 0 Å². The number of rotatable bonds is 3. The molecule has 2 aromatic rings. The van der Waals surface area contributed by atoms with Crippen molar-refractivity contribution in [3.05, 3.63) is 42.1 Å². The Morgan fingerprint density at radius 2 is 2.04 bits per heavy atom. The number of aromatic nitrogens is 1. The minimum Gasteiger partial charge on any atom is -0.387 e. The number of carbonyl (C=O) groups is 1. The van der Waals surface area contributed by atoms with Gasteiger partial charge in [-0.2, -0.15) is 0 Å². The fourth-order valence-electron chi connectivity index (χ4n) is 3.70. The Morgan fingerprint density at radius 1 is 1.24 bits per heavy atom. The van der Waals surface area contributed by atoms with Crippen LogP contribution in [0.5, 0.6) is 0 Å². The van der Waals surface area contributed by atoms with Crippen molar-refractivity contribution in [3.8, 4) is 0 Å². The zero-order valence-corrected chi connectivity index (χ0v) is 14.2. The van der Waals surface area contributed by atoms with Crippen LogP contribution in [0.4, 0.5) is 0 Å². The number of likely N-dealkylation sites (tertiary alicyclic amines) is 1. The number of morpholine rings is 1. The highest BCUT2D eigenvalue weighted by Crippen LogP contribution is 2.25. The van der Waals surface area contributed by atoms with Crippen LogP contribution in [0.3, 0.4) is 0 Å². The molecule has 1 aromatic heterocycles. The zero-order valence-electron chi connectivity index (χ0n) is 14.2. The number of amides is 1. The molecule has 0 bridgehead atoms. The predicted octanol–water partition coefficient (Wildman–Crippen LogP) is 1.14. The molecule has 0 spiro atoms. The number of carbonyl (C=O) groups excluding carboxylic acids is 1. The molecule has 132 valence electrons. The first kappa shape index (κ1) is 16.4. The van der Waals surface area contributed by atoms with E-state index in [-0.39, 0.29) is 5.91 Å². The van der Waals surface area contributed by atoms with Crippen molar-refractivity contribution in [1.82, 2.24) is 14.8 Å². The molecule has 2 saturated heterocycles. The fraction of sp³-hybridized carbons (Fsp3) is 0.474. The zero-order chi connectivity index (χ0) is 17.3. The lowest BCUT2D eigenvalue weighted by atomic mass is 10.0. The van der Waals surface area contributed by atoms with Gasteiger partial charge in [-0.25, -0.2) is 0 Å². The summed E-state index contributed by atoms with van der Waals surface area (Å²) in [6.07, 6.45) is 2.24. The first-order valence-electron chi connectivity index (χ1n) is 8.80. The molecule has 6 nitrogen and oxygen atoms in total. The first-order valence-corrected chi connectivity index (χ1v) is 8.80. The van der Waals surface area contributed by atoms with Gasteiger partial charge < -0.3 is 14.7 Å². The summed E-state index contributed by atoms with van der Waals surface area (Å²) < 4.78 is 5.35. The normalized spacial score (nSPS) is 24.8. The highest BCUT2D eigenvalue weighted by molar-refractivity contribution is 5.97. The Hall–Kier alpha value is -2.02. The van der Waals surface area contributed by atoms with Crippen molar-refractivity contribution in [3.63, 3.8) is 0 Å². The molecule has 1 N–H and O–H groups in total. The summed E-state index contributed by atoms with van der Waals surface area (Å²) in [4.78, 5) is 21.1. The number of aliphatic hydroxyl groups is 1. The quantitative estimate of drug-likeness (QED) is 0.907. The Morgan fingerprint density at radius 3 is 2.88 bits per heavy atom. The van der Waals surface area contributed by atoms with Gasteiger partial charge in [-0.1, -0.05) is 18.2 Å². The molecule has 2 fully saturated rings. The number of hydrogen-bond acceptors (Lipinski definition) is 5. The molecular weight excluding hydrogens is 318 g/mol. The lowest BCUT2D eigenvalue weighted by Crippen LogP contribution is -2.49. The van der Waals surface area contributed by atoms with E-state index >= 15 is 0 Å². The van der Waals surface area contributed by atoms with E-state index in [1.54, 1.807) is 11.1 Å². The average molecular weight is 341 g/mol. The topological polar surface area (TPSA) is 65.9 Å². The monoisotopic (exact) mass is 341 g/mol. The molecule has 1 amide bonds. The van der Waals surface area contributed by atoms with Crippen molar-refractivity contribution in [2.75, 3.05) is 45.9 Å². The highest BCUT2D eigenvalue weighted by Gasteiger charge is 2.40. The van der Waals surface area contributed by atoms with Crippen LogP contribution in [-0.2, 0) is 4.74 Å². The van der Waals surface area contributed by atoms with Gasteiger partial charge in [0, 0.05) is 37.8 Å². The molecule has 0 radical (unpaired) electrons. The van der Waals surface area contributed by atoms with E-state index in [4.69, 9.17) is 4.74 Å². The lowest BCUT2D eigenvalue weighted by Gasteiger charge is -2.33. The van der Waals surface area contributed by atoms with Crippen molar-refractivity contribution in [2.24, 2.45) is 0 Å². The van der Waals surface area contributed by atoms with E-state index < -0.39 is 5.60 Å². The van der Waals surface area contributed by atoms with E-state index in [9.17, 15) is 9.90 Å². The summed E-state index contributed by atoms with van der Waals surface area (Å²) in [5.41, 5.74) is 0.621. The van der Waals surface area contributed by atoms with Gasteiger partial charge in [0.25, 0.3) is 5.91 Å². The number of hydrogen-bond donors (Lipinski definition) is 1. The van der Waals surface area contributed by atoms with Gasteiger partial charge >= 0.3 is 0 Å². The van der Waals surface area contributed by atoms with Gasteiger partial charge in [-0.05, 0) is 18.6 Å². The van der Waals surface area contributed by atoms with Crippen LogP contribution in [0.15, 0.2) is 36.5 Å². The highest BCUT2D eigenvalue weighted by atomic mass is 16.5. The molecule has 2 aliphatic heterocycles. The lowest BCUT2D eigenvalue weighted by molar-refractivity contribution is -0.0257. The van der Waals surface area contributed by atoms with Crippen molar-refractivity contribution in [2.45, 2.75) is 12.0 Å². The molecule has 3 heterocycles. The van der Waals surface area contributed by atoms with Gasteiger partial charge in [0.2, 0.25) is 0 Å². The van der Waals surface area contributed by atoms with Crippen molar-refractivity contribution >= 4 is 16.8 Å². The van der Waals surface area contributed by atoms with E-state index in [2.05, 4.69) is 9.88 Å². The molecule has 25 heavy (non-hydrogen) atoms. The van der Waals surface area contributed by atoms with Crippen LogP contribution in [0, 0.1) is 0 Å². The molecule has 0 saturated carbocycles. The molecule has 1 aromatic carbocycles. The second kappa shape index (κ2) is 6.71. The number of benzene rings is 1. The van der Waals surface area contributed by atoms with Crippen LogP contribution in [0.1, 0.15) is 16.8 Å². The third kappa shape index (κ3) is 3.51. The predicted molar refractivity (Wildman–Crippen MR) is 94.5 cm³/mol. The maximum atomic E-state index is 12.8. The molecule has 2 aliphatic rings. The van der Waals surface area contributed by atoms with E-state index in [0.29, 0.717) is 44.8 Å². The van der Waals surface area contributed by atoms with Gasteiger partial charge in [-0.15, -0.1) is 0 Å². The Bertz CT molecular complexity index is 775. The maximum absolute atomic E-state index is 12.8. The van der Waals surface area contributed by atoms with Crippen LogP contribution < -0.4 is 0 Å². The van der Waals surface area contributed by atoms with E-state index in [0.717, 1.165) is 24.0 Å². The Balaban J connectivity index is 1.45. The second-order valence-electron chi connectivity index (χ2n) is 7.01. The van der Waals surface area contributed by atoms with Crippen LogP contribution >= 0.6 is 0 Å².